The highest BCUT2D eigenvalue weighted by molar-refractivity contribution is 5.95. The van der Waals surface area contributed by atoms with E-state index in [1.165, 1.54) is 6.42 Å². The zero-order chi connectivity index (χ0) is 20.8. The molecule has 156 valence electrons. The van der Waals surface area contributed by atoms with Crippen molar-refractivity contribution in [2.45, 2.75) is 58.5 Å². The summed E-state index contributed by atoms with van der Waals surface area (Å²) in [5.74, 6) is 0.901. The van der Waals surface area contributed by atoms with Gasteiger partial charge < -0.3 is 20.1 Å². The molecule has 2 heterocycles. The number of nitrogens with zero attached hydrogens (tertiary/aromatic N) is 4. The number of carbonyl (C=O) groups is 2. The van der Waals surface area contributed by atoms with Gasteiger partial charge in [0.05, 0.1) is 0 Å². The summed E-state index contributed by atoms with van der Waals surface area (Å²) in [7, 11) is 0. The van der Waals surface area contributed by atoms with E-state index < -0.39 is 0 Å². The van der Waals surface area contributed by atoms with Crippen molar-refractivity contribution in [3.63, 3.8) is 0 Å². The lowest BCUT2D eigenvalue weighted by atomic mass is 10.0. The molecule has 0 spiro atoms. The number of urea groups is 1. The van der Waals surface area contributed by atoms with Crippen molar-refractivity contribution in [3.8, 4) is 0 Å². The van der Waals surface area contributed by atoms with Gasteiger partial charge in [0.25, 0.3) is 5.91 Å². The maximum absolute atomic E-state index is 12.7. The fraction of sp³-hybridized carbons (Fsp3) is 0.524. The lowest BCUT2D eigenvalue weighted by Crippen LogP contribution is -2.42. The van der Waals surface area contributed by atoms with E-state index in [1.54, 1.807) is 30.6 Å². The van der Waals surface area contributed by atoms with Crippen LogP contribution in [0.4, 0.5) is 10.5 Å². The van der Waals surface area contributed by atoms with Crippen molar-refractivity contribution in [1.82, 2.24) is 25.0 Å². The number of amides is 3. The van der Waals surface area contributed by atoms with Crippen LogP contribution in [0.25, 0.3) is 0 Å². The van der Waals surface area contributed by atoms with Crippen molar-refractivity contribution >= 4 is 17.6 Å². The molecule has 1 aliphatic heterocycles. The first-order valence-electron chi connectivity index (χ1n) is 10.3. The van der Waals surface area contributed by atoms with Crippen LogP contribution in [0.1, 0.15) is 62.3 Å². The van der Waals surface area contributed by atoms with Gasteiger partial charge in [0, 0.05) is 42.8 Å². The van der Waals surface area contributed by atoms with Crippen LogP contribution in [0, 0.1) is 0 Å². The van der Waals surface area contributed by atoms with E-state index in [1.807, 2.05) is 9.47 Å². The minimum atomic E-state index is -0.288. The molecule has 2 N–H and O–H groups in total. The van der Waals surface area contributed by atoms with Crippen LogP contribution >= 0.6 is 0 Å². The minimum absolute atomic E-state index is 0.0578. The molecular formula is C21H30N6O2. The summed E-state index contributed by atoms with van der Waals surface area (Å²) in [5.41, 5.74) is 1.30. The van der Waals surface area contributed by atoms with Gasteiger partial charge in [-0.25, -0.2) is 4.79 Å². The Hall–Kier alpha value is -2.90. The second kappa shape index (κ2) is 9.54. The molecule has 2 aromatic rings. The third kappa shape index (κ3) is 5.34. The van der Waals surface area contributed by atoms with Crippen molar-refractivity contribution in [1.29, 1.82) is 0 Å². The summed E-state index contributed by atoms with van der Waals surface area (Å²) in [6.07, 6.45) is 5.60. The Morgan fingerprint density at radius 1 is 1.21 bits per heavy atom. The lowest BCUT2D eigenvalue weighted by Gasteiger charge is -2.33. The maximum atomic E-state index is 12.7. The number of hydrogen-bond acceptors (Lipinski definition) is 4. The van der Waals surface area contributed by atoms with Crippen LogP contribution in [0.5, 0.6) is 0 Å². The zero-order valence-electron chi connectivity index (χ0n) is 17.4. The number of anilines is 1. The fourth-order valence-electron chi connectivity index (χ4n) is 3.60. The minimum Gasteiger partial charge on any atom is -0.337 e. The predicted octanol–water partition coefficient (Wildman–Crippen LogP) is 3.24. The number of hydrogen-bond donors (Lipinski definition) is 2. The van der Waals surface area contributed by atoms with Gasteiger partial charge in [0.1, 0.15) is 12.2 Å². The standard InChI is InChI=1S/C21H30N6O2/c1-15(2)27-14-23-25-19(27)11-12-22-21(29)24-18-9-7-17(8-10-18)20(28)26-13-5-4-6-16(26)3/h7-10,14-16H,4-6,11-13H2,1-3H3,(H2,22,24,29)/t16-/m0/s1. The van der Waals surface area contributed by atoms with Gasteiger partial charge in [-0.1, -0.05) is 0 Å². The molecule has 0 saturated carbocycles. The van der Waals surface area contributed by atoms with Crippen LogP contribution in [0.3, 0.4) is 0 Å². The number of benzene rings is 1. The summed E-state index contributed by atoms with van der Waals surface area (Å²) < 4.78 is 1.98. The highest BCUT2D eigenvalue weighted by Crippen LogP contribution is 2.20. The molecular weight excluding hydrogens is 368 g/mol. The first kappa shape index (κ1) is 20.8. The van der Waals surface area contributed by atoms with E-state index in [2.05, 4.69) is 41.6 Å². The van der Waals surface area contributed by atoms with E-state index in [0.29, 0.717) is 24.2 Å². The summed E-state index contributed by atoms with van der Waals surface area (Å²) in [6, 6.07) is 7.33. The van der Waals surface area contributed by atoms with Crippen LogP contribution < -0.4 is 10.6 Å². The Bertz CT molecular complexity index is 830. The Labute approximate surface area is 171 Å². The topological polar surface area (TPSA) is 92.1 Å². The molecule has 1 aromatic heterocycles. The SMILES string of the molecule is CC(C)n1cnnc1CCNC(=O)Nc1ccc(C(=O)N2CCCC[C@@H]2C)cc1. The second-order valence-corrected chi connectivity index (χ2v) is 7.80. The maximum Gasteiger partial charge on any atom is 0.319 e. The van der Waals surface area contributed by atoms with Crippen LogP contribution in [-0.4, -0.2) is 50.7 Å². The largest absolute Gasteiger partial charge is 0.337 e. The zero-order valence-corrected chi connectivity index (χ0v) is 17.4. The summed E-state index contributed by atoms with van der Waals surface area (Å²) in [5, 5.41) is 13.6. The third-order valence-corrected chi connectivity index (χ3v) is 5.29. The summed E-state index contributed by atoms with van der Waals surface area (Å²) in [6.45, 7) is 7.50. The second-order valence-electron chi connectivity index (χ2n) is 7.80. The summed E-state index contributed by atoms with van der Waals surface area (Å²) >= 11 is 0. The van der Waals surface area contributed by atoms with Gasteiger partial charge in [-0.15, -0.1) is 10.2 Å². The number of nitrogens with one attached hydrogen (secondary N) is 2. The molecule has 0 unspecified atom stereocenters. The number of carbonyl (C=O) groups excluding carboxylic acids is 2. The van der Waals surface area contributed by atoms with Gasteiger partial charge in [0.15, 0.2) is 0 Å². The third-order valence-electron chi connectivity index (χ3n) is 5.29. The molecule has 1 saturated heterocycles. The highest BCUT2D eigenvalue weighted by Gasteiger charge is 2.24. The molecule has 8 heteroatoms. The Morgan fingerprint density at radius 3 is 2.66 bits per heavy atom. The Balaban J connectivity index is 1.48. The lowest BCUT2D eigenvalue weighted by molar-refractivity contribution is 0.0635. The van der Waals surface area contributed by atoms with Gasteiger partial charge >= 0.3 is 6.03 Å². The van der Waals surface area contributed by atoms with Gasteiger partial charge in [-0.3, -0.25) is 4.79 Å². The van der Waals surface area contributed by atoms with E-state index in [9.17, 15) is 9.59 Å². The number of rotatable bonds is 6. The van der Waals surface area contributed by atoms with Gasteiger partial charge in [-0.05, 0) is 64.3 Å². The molecule has 8 nitrogen and oxygen atoms in total. The molecule has 1 aromatic carbocycles. The van der Waals surface area contributed by atoms with E-state index in [-0.39, 0.29) is 24.0 Å². The first-order valence-corrected chi connectivity index (χ1v) is 10.3. The molecule has 0 bridgehead atoms. The average Bonchev–Trinajstić information content (AvgIpc) is 3.17. The normalized spacial score (nSPS) is 16.7. The molecule has 0 radical (unpaired) electrons. The molecule has 0 aliphatic carbocycles. The van der Waals surface area contributed by atoms with Crippen LogP contribution in [-0.2, 0) is 6.42 Å². The fourth-order valence-corrected chi connectivity index (χ4v) is 3.60. The first-order chi connectivity index (χ1) is 14.0. The number of likely N-dealkylation sites (tertiary alicyclic amines) is 1. The van der Waals surface area contributed by atoms with Crippen LogP contribution in [0.2, 0.25) is 0 Å². The Morgan fingerprint density at radius 2 is 1.97 bits per heavy atom. The smallest absolute Gasteiger partial charge is 0.319 e. The average molecular weight is 399 g/mol. The summed E-state index contributed by atoms with van der Waals surface area (Å²) in [4.78, 5) is 26.8. The van der Waals surface area contributed by atoms with Crippen LogP contribution in [0.15, 0.2) is 30.6 Å². The molecule has 29 heavy (non-hydrogen) atoms. The molecule has 1 atom stereocenters. The highest BCUT2D eigenvalue weighted by atomic mass is 16.2. The molecule has 1 fully saturated rings. The van der Waals surface area contributed by atoms with Crippen molar-refractivity contribution < 1.29 is 9.59 Å². The van der Waals surface area contributed by atoms with Gasteiger partial charge in [-0.2, -0.15) is 0 Å². The van der Waals surface area contributed by atoms with Crippen molar-refractivity contribution in [2.24, 2.45) is 0 Å². The van der Waals surface area contributed by atoms with Crippen molar-refractivity contribution in [2.75, 3.05) is 18.4 Å². The van der Waals surface area contributed by atoms with Gasteiger partial charge in [0.2, 0.25) is 0 Å². The monoisotopic (exact) mass is 398 g/mol. The van der Waals surface area contributed by atoms with Crippen molar-refractivity contribution in [3.05, 3.63) is 42.0 Å². The number of aromatic nitrogens is 3. The number of piperidine rings is 1. The predicted molar refractivity (Wildman–Crippen MR) is 112 cm³/mol. The Kier molecular flexibility index (Phi) is 6.85. The molecule has 3 rings (SSSR count). The van der Waals surface area contributed by atoms with E-state index in [4.69, 9.17) is 0 Å². The van der Waals surface area contributed by atoms with E-state index >= 15 is 0 Å². The van der Waals surface area contributed by atoms with E-state index in [0.717, 1.165) is 25.2 Å². The quantitative estimate of drug-likeness (QED) is 0.781. The molecule has 3 amide bonds. The molecule has 1 aliphatic rings.